The fourth-order valence-electron chi connectivity index (χ4n) is 7.95. The number of nitrogens with zero attached hydrogens (tertiary/aromatic N) is 4. The van der Waals surface area contributed by atoms with E-state index in [9.17, 15) is 9.18 Å². The van der Waals surface area contributed by atoms with Gasteiger partial charge in [0, 0.05) is 23.6 Å². The molecule has 0 fully saturated rings. The monoisotopic (exact) mass is 702 g/mol. The Bertz CT molecular complexity index is 2310. The average molecular weight is 703 g/mol. The number of carbonyl (C=O) groups excluding carboxylic acids is 1. The zero-order valence-electron chi connectivity index (χ0n) is 29.0. The summed E-state index contributed by atoms with van der Waals surface area (Å²) in [7, 11) is 1.71. The number of carbonyl (C=O) groups is 1. The fraction of sp³-hybridized carbons (Fsp3) is 0.325. The predicted molar refractivity (Wildman–Crippen MR) is 197 cm³/mol. The van der Waals surface area contributed by atoms with Gasteiger partial charge in [-0.15, -0.1) is 21.5 Å². The smallest absolute Gasteiger partial charge is 0.251 e. The Morgan fingerprint density at radius 1 is 1.08 bits per heavy atom. The number of thiophene rings is 1. The number of ether oxygens (including phenoxy) is 1. The van der Waals surface area contributed by atoms with Crippen molar-refractivity contribution in [2.45, 2.75) is 71.3 Å². The summed E-state index contributed by atoms with van der Waals surface area (Å²) in [6.45, 7) is 5.94. The number of nitrogens with one attached hydrogen (secondary N) is 1. The predicted octanol–water partition coefficient (Wildman–Crippen LogP) is 8.53. The molecule has 3 N–H and O–H groups in total. The number of hydrogen-bond donors (Lipinski definition) is 2. The molecule has 260 valence electrons. The maximum absolute atomic E-state index is 14.2. The molecule has 6 aromatic rings. The lowest BCUT2D eigenvalue weighted by Gasteiger charge is -2.21. The van der Waals surface area contributed by atoms with Gasteiger partial charge < -0.3 is 20.2 Å². The van der Waals surface area contributed by atoms with Gasteiger partial charge in [0.15, 0.2) is 0 Å². The number of methoxy groups -OCH3 is 1. The number of amides is 1. The molecule has 2 aliphatic carbocycles. The molecule has 4 heterocycles. The van der Waals surface area contributed by atoms with E-state index in [2.05, 4.69) is 41.5 Å². The van der Waals surface area contributed by atoms with Crippen LogP contribution in [0, 0.1) is 18.7 Å². The Morgan fingerprint density at radius 2 is 1.94 bits per heavy atom. The summed E-state index contributed by atoms with van der Waals surface area (Å²) in [5.41, 5.74) is 13.8. The van der Waals surface area contributed by atoms with E-state index >= 15 is 0 Å². The fourth-order valence-corrected chi connectivity index (χ4v) is 9.11. The number of halogens is 1. The van der Waals surface area contributed by atoms with E-state index in [1.807, 2.05) is 30.5 Å². The van der Waals surface area contributed by atoms with E-state index in [1.165, 1.54) is 17.2 Å². The zero-order chi connectivity index (χ0) is 35.4. The molecule has 0 spiro atoms. The van der Waals surface area contributed by atoms with Gasteiger partial charge in [0.1, 0.15) is 17.4 Å². The van der Waals surface area contributed by atoms with Crippen LogP contribution in [-0.2, 0) is 25.7 Å². The average Bonchev–Trinajstić information content (AvgIpc) is 3.90. The van der Waals surface area contributed by atoms with Crippen molar-refractivity contribution in [1.82, 2.24) is 20.2 Å². The molecule has 11 heteroatoms. The van der Waals surface area contributed by atoms with E-state index in [-0.39, 0.29) is 29.6 Å². The second-order valence-corrected chi connectivity index (χ2v) is 15.0. The van der Waals surface area contributed by atoms with Crippen LogP contribution in [0.5, 0.6) is 5.75 Å². The minimum atomic E-state index is -0.565. The van der Waals surface area contributed by atoms with Crippen LogP contribution in [0.1, 0.15) is 88.5 Å². The van der Waals surface area contributed by atoms with Crippen LogP contribution < -0.4 is 15.8 Å². The van der Waals surface area contributed by atoms with Crippen molar-refractivity contribution in [3.63, 3.8) is 0 Å². The summed E-state index contributed by atoms with van der Waals surface area (Å²) in [4.78, 5) is 24.4. The Balaban J connectivity index is 1.30. The van der Waals surface area contributed by atoms with E-state index in [4.69, 9.17) is 24.9 Å². The van der Waals surface area contributed by atoms with Crippen molar-refractivity contribution in [3.05, 3.63) is 106 Å². The first kappa shape index (κ1) is 33.0. The number of nitrogens with two attached hydrogens (primary N) is 1. The summed E-state index contributed by atoms with van der Waals surface area (Å²) in [6, 6.07) is 15.4. The molecule has 0 bridgehead atoms. The number of primary amides is 1. The molecule has 9 nitrogen and oxygen atoms in total. The molecule has 0 saturated carbocycles. The number of fused-ring (bicyclic) bond motifs is 3. The second-order valence-electron chi connectivity index (χ2n) is 14.0. The molecular weight excluding hydrogens is 664 g/mol. The number of rotatable bonds is 10. The van der Waals surface area contributed by atoms with Gasteiger partial charge in [0.05, 0.1) is 40.4 Å². The molecular formula is C40H39FN6O3S. The van der Waals surface area contributed by atoms with Crippen molar-refractivity contribution in [1.29, 1.82) is 0 Å². The van der Waals surface area contributed by atoms with Crippen LogP contribution in [0.3, 0.4) is 0 Å². The molecule has 2 atom stereocenters. The first-order valence-electron chi connectivity index (χ1n) is 17.4. The van der Waals surface area contributed by atoms with Gasteiger partial charge in [0.2, 0.25) is 11.8 Å². The number of anilines is 1. The number of benzene rings is 2. The minimum Gasteiger partial charge on any atom is -0.496 e. The van der Waals surface area contributed by atoms with Crippen LogP contribution in [0.15, 0.2) is 59.1 Å². The summed E-state index contributed by atoms with van der Waals surface area (Å²) in [5.74, 6) is 1.87. The highest BCUT2D eigenvalue weighted by Crippen LogP contribution is 2.47. The topological polar surface area (TPSA) is 129 Å². The molecule has 0 aliphatic heterocycles. The maximum Gasteiger partial charge on any atom is 0.251 e. The van der Waals surface area contributed by atoms with Crippen LogP contribution in [0.25, 0.3) is 32.0 Å². The highest BCUT2D eigenvalue weighted by atomic mass is 32.1. The molecule has 0 unspecified atom stereocenters. The SMILES string of the molecule is COc1cccc2c1CC[C@H]2Nc1nccc2cc(-c3c(C(N)=O)c(CC(C)C)nc(C[C@H]4CCc5cc(F)ccc54)c3-c3nnc(C)o3)sc12. The Labute approximate surface area is 299 Å². The quantitative estimate of drug-likeness (QED) is 0.145. The molecule has 8 rings (SSSR count). The van der Waals surface area contributed by atoms with Crippen molar-refractivity contribution in [2.75, 3.05) is 12.4 Å². The van der Waals surface area contributed by atoms with E-state index in [0.29, 0.717) is 41.1 Å². The highest BCUT2D eigenvalue weighted by molar-refractivity contribution is 7.23. The van der Waals surface area contributed by atoms with Gasteiger partial charge in [-0.1, -0.05) is 32.0 Å². The van der Waals surface area contributed by atoms with E-state index in [0.717, 1.165) is 69.0 Å². The Hall–Kier alpha value is -5.16. The molecule has 1 amide bonds. The van der Waals surface area contributed by atoms with Crippen LogP contribution in [0.4, 0.5) is 10.2 Å². The lowest BCUT2D eigenvalue weighted by atomic mass is 9.88. The maximum atomic E-state index is 14.2. The molecule has 0 saturated heterocycles. The summed E-state index contributed by atoms with van der Waals surface area (Å²) >= 11 is 1.55. The normalized spacial score (nSPS) is 16.5. The summed E-state index contributed by atoms with van der Waals surface area (Å²) < 4.78 is 26.9. The number of hydrogen-bond acceptors (Lipinski definition) is 9. The van der Waals surface area contributed by atoms with Crippen LogP contribution in [-0.4, -0.2) is 33.2 Å². The Kier molecular flexibility index (Phi) is 8.54. The number of aryl methyl sites for hydroxylation is 2. The van der Waals surface area contributed by atoms with Gasteiger partial charge in [-0.05, 0) is 108 Å². The largest absolute Gasteiger partial charge is 0.496 e. The van der Waals surface area contributed by atoms with Crippen molar-refractivity contribution in [3.8, 4) is 27.6 Å². The van der Waals surface area contributed by atoms with Gasteiger partial charge in [-0.25, -0.2) is 9.37 Å². The minimum absolute atomic E-state index is 0.0739. The summed E-state index contributed by atoms with van der Waals surface area (Å²) in [6.07, 6.45) is 6.39. The van der Waals surface area contributed by atoms with Crippen LogP contribution in [0.2, 0.25) is 0 Å². The highest BCUT2D eigenvalue weighted by Gasteiger charge is 2.33. The molecule has 0 radical (unpaired) electrons. The molecule has 2 aliphatic rings. The van der Waals surface area contributed by atoms with Crippen molar-refractivity contribution >= 4 is 33.1 Å². The van der Waals surface area contributed by atoms with Gasteiger partial charge in [-0.2, -0.15) is 0 Å². The molecule has 51 heavy (non-hydrogen) atoms. The zero-order valence-corrected chi connectivity index (χ0v) is 29.9. The second kappa shape index (κ2) is 13.2. The molecule has 4 aromatic heterocycles. The van der Waals surface area contributed by atoms with Crippen LogP contribution >= 0.6 is 11.3 Å². The lowest BCUT2D eigenvalue weighted by Crippen LogP contribution is -2.20. The van der Waals surface area contributed by atoms with Crippen molar-refractivity contribution in [2.24, 2.45) is 11.7 Å². The third-order valence-electron chi connectivity index (χ3n) is 10.1. The lowest BCUT2D eigenvalue weighted by molar-refractivity contribution is 0.0999. The van der Waals surface area contributed by atoms with Gasteiger partial charge >= 0.3 is 0 Å². The first-order chi connectivity index (χ1) is 24.7. The van der Waals surface area contributed by atoms with E-state index < -0.39 is 5.91 Å². The van der Waals surface area contributed by atoms with E-state index in [1.54, 1.807) is 31.4 Å². The molecule has 2 aromatic carbocycles. The van der Waals surface area contributed by atoms with Crippen molar-refractivity contribution < 1.29 is 18.3 Å². The third-order valence-corrected chi connectivity index (χ3v) is 11.3. The third kappa shape index (κ3) is 6.03. The first-order valence-corrected chi connectivity index (χ1v) is 18.3. The number of pyridine rings is 2. The Morgan fingerprint density at radius 3 is 2.71 bits per heavy atom. The van der Waals surface area contributed by atoms with Gasteiger partial charge in [0.25, 0.3) is 5.91 Å². The standard InChI is InChI=1S/C40H39FN6O3S/c1-20(2)16-30-34(38(42)48)36(35(40-47-46-21(3)50-40)31(44-30)18-23-9-8-22-17-25(41)10-11-26(22)23)33-19-24-14-15-43-39(37(24)51-33)45-29-13-12-28-27(29)6-5-7-32(28)49-4/h5-7,10-11,14-15,17,19-20,23,29H,8-9,12-13,16,18H2,1-4H3,(H2,42,48)(H,43,45)/t23-,29-/m1/s1. The van der Waals surface area contributed by atoms with Gasteiger partial charge in [-0.3, -0.25) is 9.78 Å². The summed E-state index contributed by atoms with van der Waals surface area (Å²) in [5, 5.41) is 13.4. The number of aromatic nitrogens is 4.